The van der Waals surface area contributed by atoms with E-state index in [0.29, 0.717) is 10.8 Å². The third-order valence-corrected chi connectivity index (χ3v) is 2.50. The number of carbonyl (C=O) groups is 1. The van der Waals surface area contributed by atoms with Crippen LogP contribution in [0.1, 0.15) is 5.56 Å². The summed E-state index contributed by atoms with van der Waals surface area (Å²) >= 11 is 0. The smallest absolute Gasteiger partial charge is 0.481 e. The van der Waals surface area contributed by atoms with Gasteiger partial charge in [0.05, 0.1) is 6.42 Å². The molecule has 0 fully saturated rings. The minimum absolute atomic E-state index is 0.0106. The molecule has 0 saturated carbocycles. The number of hydrogen-bond acceptors (Lipinski definition) is 2. The number of rotatable bonds is 3. The Labute approximate surface area is 106 Å². The lowest BCUT2D eigenvalue weighted by molar-refractivity contribution is -0.274. The Hall–Kier alpha value is -2.24. The summed E-state index contributed by atoms with van der Waals surface area (Å²) in [6, 6.07) is 9.31. The van der Waals surface area contributed by atoms with Gasteiger partial charge in [-0.15, -0.1) is 13.2 Å². The molecule has 0 heterocycles. The van der Waals surface area contributed by atoms with Crippen LogP contribution in [0.25, 0.3) is 10.8 Å². The van der Waals surface area contributed by atoms with Gasteiger partial charge in [-0.05, 0) is 22.9 Å². The molecule has 2 aromatic carbocycles. The van der Waals surface area contributed by atoms with E-state index in [9.17, 15) is 18.0 Å². The molecule has 0 aromatic heterocycles. The lowest BCUT2D eigenvalue weighted by atomic mass is 10.0. The average molecular weight is 270 g/mol. The summed E-state index contributed by atoms with van der Waals surface area (Å²) in [4.78, 5) is 10.7. The number of halogens is 3. The molecule has 3 nitrogen and oxygen atoms in total. The zero-order valence-corrected chi connectivity index (χ0v) is 9.57. The van der Waals surface area contributed by atoms with Crippen LogP contribution in [0.15, 0.2) is 36.4 Å². The molecule has 6 heteroatoms. The van der Waals surface area contributed by atoms with Gasteiger partial charge in [0.25, 0.3) is 0 Å². The minimum Gasteiger partial charge on any atom is -0.481 e. The highest BCUT2D eigenvalue weighted by molar-refractivity contribution is 5.86. The van der Waals surface area contributed by atoms with Crippen molar-refractivity contribution < 1.29 is 27.8 Å². The maximum absolute atomic E-state index is 12.3. The van der Waals surface area contributed by atoms with Crippen molar-refractivity contribution in [2.75, 3.05) is 0 Å². The van der Waals surface area contributed by atoms with Gasteiger partial charge in [0.15, 0.2) is 0 Å². The van der Waals surface area contributed by atoms with Crippen LogP contribution in [0, 0.1) is 0 Å². The van der Waals surface area contributed by atoms with Crippen molar-refractivity contribution in [2.24, 2.45) is 0 Å². The Kier molecular flexibility index (Phi) is 3.33. The van der Waals surface area contributed by atoms with Crippen LogP contribution in [-0.2, 0) is 11.2 Å². The summed E-state index contributed by atoms with van der Waals surface area (Å²) in [6.07, 6.45) is -5.38. The van der Waals surface area contributed by atoms with Crippen molar-refractivity contribution in [2.45, 2.75) is 12.8 Å². The standard InChI is InChI=1S/C13H9F3O3/c14-13(15,16)19-11-6-9-4-2-1-3-8(9)5-10(11)7-12(17)18/h1-6H,7H2,(H,17,18). The fourth-order valence-corrected chi connectivity index (χ4v) is 1.79. The molecule has 0 amide bonds. The molecule has 2 rings (SSSR count). The lowest BCUT2D eigenvalue weighted by Crippen LogP contribution is -2.18. The molecule has 19 heavy (non-hydrogen) atoms. The number of aliphatic carboxylic acids is 1. The van der Waals surface area contributed by atoms with Crippen LogP contribution in [0.3, 0.4) is 0 Å². The van der Waals surface area contributed by atoms with Gasteiger partial charge in [-0.25, -0.2) is 0 Å². The Morgan fingerprint density at radius 3 is 2.26 bits per heavy atom. The zero-order valence-electron chi connectivity index (χ0n) is 9.57. The first-order valence-corrected chi connectivity index (χ1v) is 5.34. The van der Waals surface area contributed by atoms with Gasteiger partial charge in [-0.1, -0.05) is 24.3 Å². The Bertz CT molecular complexity index is 620. The van der Waals surface area contributed by atoms with Crippen molar-refractivity contribution in [1.82, 2.24) is 0 Å². The van der Waals surface area contributed by atoms with E-state index in [-0.39, 0.29) is 5.56 Å². The van der Waals surface area contributed by atoms with Crippen molar-refractivity contribution >= 4 is 16.7 Å². The van der Waals surface area contributed by atoms with Crippen molar-refractivity contribution in [3.05, 3.63) is 42.0 Å². The van der Waals surface area contributed by atoms with E-state index < -0.39 is 24.5 Å². The van der Waals surface area contributed by atoms with E-state index in [1.165, 1.54) is 12.1 Å². The summed E-state index contributed by atoms with van der Waals surface area (Å²) in [6.45, 7) is 0. The topological polar surface area (TPSA) is 46.5 Å². The molecule has 0 atom stereocenters. The van der Waals surface area contributed by atoms with Gasteiger partial charge in [-0.3, -0.25) is 4.79 Å². The normalized spacial score (nSPS) is 11.5. The Morgan fingerprint density at radius 1 is 1.16 bits per heavy atom. The van der Waals surface area contributed by atoms with Crippen LogP contribution < -0.4 is 4.74 Å². The summed E-state index contributed by atoms with van der Waals surface area (Å²) in [5, 5.41) is 9.94. The van der Waals surface area contributed by atoms with Gasteiger partial charge in [-0.2, -0.15) is 0 Å². The molecule has 0 saturated heterocycles. The molecule has 0 aliphatic carbocycles. The molecular formula is C13H9F3O3. The van der Waals surface area contributed by atoms with Crippen molar-refractivity contribution in [3.63, 3.8) is 0 Å². The molecule has 2 aromatic rings. The molecule has 100 valence electrons. The number of carboxylic acid groups (broad SMARTS) is 1. The van der Waals surface area contributed by atoms with Gasteiger partial charge >= 0.3 is 12.3 Å². The second kappa shape index (κ2) is 4.79. The molecule has 0 aliphatic rings. The van der Waals surface area contributed by atoms with Gasteiger partial charge in [0.1, 0.15) is 5.75 Å². The predicted octanol–water partition coefficient (Wildman–Crippen LogP) is 3.37. The Morgan fingerprint density at radius 2 is 1.74 bits per heavy atom. The van der Waals surface area contributed by atoms with Gasteiger partial charge in [0.2, 0.25) is 0 Å². The predicted molar refractivity (Wildman–Crippen MR) is 62.0 cm³/mol. The molecule has 0 unspecified atom stereocenters. The third-order valence-electron chi connectivity index (χ3n) is 2.50. The summed E-state index contributed by atoms with van der Waals surface area (Å²) in [7, 11) is 0. The second-order valence-corrected chi connectivity index (χ2v) is 3.93. The maximum atomic E-state index is 12.3. The van der Waals surface area contributed by atoms with Crippen LogP contribution in [0.4, 0.5) is 13.2 Å². The van der Waals surface area contributed by atoms with Gasteiger partial charge in [0, 0.05) is 5.56 Å². The number of ether oxygens (including phenoxy) is 1. The first-order valence-electron chi connectivity index (χ1n) is 5.34. The van der Waals surface area contributed by atoms with E-state index in [1.54, 1.807) is 24.3 Å². The third kappa shape index (κ3) is 3.37. The van der Waals surface area contributed by atoms with E-state index in [0.717, 1.165) is 0 Å². The molecule has 0 bridgehead atoms. The zero-order chi connectivity index (χ0) is 14.0. The molecule has 0 radical (unpaired) electrons. The summed E-state index contributed by atoms with van der Waals surface area (Å²) < 4.78 is 40.7. The van der Waals surface area contributed by atoms with Crippen molar-refractivity contribution in [3.8, 4) is 5.75 Å². The van der Waals surface area contributed by atoms with Crippen LogP contribution in [0.2, 0.25) is 0 Å². The molecule has 0 aliphatic heterocycles. The lowest BCUT2D eigenvalue weighted by Gasteiger charge is -2.13. The first kappa shape index (κ1) is 13.2. The fourth-order valence-electron chi connectivity index (χ4n) is 1.79. The SMILES string of the molecule is O=C(O)Cc1cc2ccccc2cc1OC(F)(F)F. The van der Waals surface area contributed by atoms with Crippen LogP contribution in [-0.4, -0.2) is 17.4 Å². The fraction of sp³-hybridized carbons (Fsp3) is 0.154. The van der Waals surface area contributed by atoms with E-state index in [2.05, 4.69) is 4.74 Å². The number of benzene rings is 2. The first-order chi connectivity index (χ1) is 8.85. The van der Waals surface area contributed by atoms with Crippen LogP contribution >= 0.6 is 0 Å². The second-order valence-electron chi connectivity index (χ2n) is 3.93. The largest absolute Gasteiger partial charge is 0.573 e. The van der Waals surface area contributed by atoms with E-state index in [1.807, 2.05) is 0 Å². The summed E-state index contributed by atoms with van der Waals surface area (Å²) in [5.41, 5.74) is -0.0106. The monoisotopic (exact) mass is 270 g/mol. The Balaban J connectivity index is 2.53. The number of carboxylic acids is 1. The molecular weight excluding hydrogens is 261 g/mol. The average Bonchev–Trinajstić information content (AvgIpc) is 2.27. The quantitative estimate of drug-likeness (QED) is 0.930. The molecule has 1 N–H and O–H groups in total. The highest BCUT2D eigenvalue weighted by Crippen LogP contribution is 2.31. The maximum Gasteiger partial charge on any atom is 0.573 e. The minimum atomic E-state index is -4.85. The van der Waals surface area contributed by atoms with E-state index >= 15 is 0 Å². The highest BCUT2D eigenvalue weighted by Gasteiger charge is 2.32. The summed E-state index contributed by atoms with van der Waals surface area (Å²) in [5.74, 6) is -1.70. The highest BCUT2D eigenvalue weighted by atomic mass is 19.4. The number of alkyl halides is 3. The number of hydrogen-bond donors (Lipinski definition) is 1. The van der Waals surface area contributed by atoms with Crippen molar-refractivity contribution in [1.29, 1.82) is 0 Å². The van der Waals surface area contributed by atoms with Crippen LogP contribution in [0.5, 0.6) is 5.75 Å². The van der Waals surface area contributed by atoms with E-state index in [4.69, 9.17) is 5.11 Å². The number of fused-ring (bicyclic) bond motifs is 1. The van der Waals surface area contributed by atoms with Gasteiger partial charge < -0.3 is 9.84 Å². The molecule has 0 spiro atoms.